The normalized spacial score (nSPS) is 34.2. The predicted octanol–water partition coefficient (Wildman–Crippen LogP) is 4.46. The third-order valence-corrected chi connectivity index (χ3v) is 6.56. The van der Waals surface area contributed by atoms with Gasteiger partial charge in [0.25, 0.3) is 0 Å². The van der Waals surface area contributed by atoms with Crippen LogP contribution in [0.4, 0.5) is 0 Å². The largest absolute Gasteiger partial charge is 0.508 e. The lowest BCUT2D eigenvalue weighted by Gasteiger charge is -2.43. The molecule has 0 spiro atoms. The summed E-state index contributed by atoms with van der Waals surface area (Å²) in [6.45, 7) is 8.39. The lowest BCUT2D eigenvalue weighted by molar-refractivity contribution is -0.112. The molecule has 0 aliphatic heterocycles. The fourth-order valence-corrected chi connectivity index (χ4v) is 4.89. The number of phenolic OH excluding ortho intramolecular Hbond substituents is 1. The molecular weight excluding hydrogens is 328 g/mol. The number of carbonyl (C=O) groups is 1. The Labute approximate surface area is 155 Å². The minimum Gasteiger partial charge on any atom is -0.508 e. The second-order valence-electron chi connectivity index (χ2n) is 8.73. The van der Waals surface area contributed by atoms with Crippen LogP contribution in [-0.2, 0) is 4.74 Å². The van der Waals surface area contributed by atoms with Crippen molar-refractivity contribution in [2.45, 2.75) is 65.1 Å². The van der Waals surface area contributed by atoms with Crippen molar-refractivity contribution < 1.29 is 19.7 Å². The van der Waals surface area contributed by atoms with Crippen LogP contribution in [0.3, 0.4) is 0 Å². The van der Waals surface area contributed by atoms with Crippen molar-refractivity contribution in [3.05, 3.63) is 41.5 Å². The van der Waals surface area contributed by atoms with E-state index in [1.807, 2.05) is 0 Å². The molecule has 26 heavy (non-hydrogen) atoms. The van der Waals surface area contributed by atoms with Gasteiger partial charge in [0.05, 0.1) is 11.2 Å². The average Bonchev–Trinajstić information content (AvgIpc) is 2.78. The van der Waals surface area contributed by atoms with Gasteiger partial charge in [-0.3, -0.25) is 0 Å². The van der Waals surface area contributed by atoms with Crippen molar-refractivity contribution in [2.75, 3.05) is 0 Å². The maximum Gasteiger partial charge on any atom is 0.338 e. The molecule has 2 N–H and O–H groups in total. The van der Waals surface area contributed by atoms with Crippen LogP contribution < -0.4 is 0 Å². The second-order valence-corrected chi connectivity index (χ2v) is 8.73. The van der Waals surface area contributed by atoms with Crippen molar-refractivity contribution in [2.24, 2.45) is 17.3 Å². The van der Waals surface area contributed by atoms with E-state index in [4.69, 9.17) is 4.74 Å². The summed E-state index contributed by atoms with van der Waals surface area (Å²) >= 11 is 0. The molecule has 1 saturated carbocycles. The van der Waals surface area contributed by atoms with Crippen LogP contribution in [0.15, 0.2) is 35.9 Å². The SMILES string of the molecule is CC1=CC[C@@]2(C)CC[C@@](O)(C(C)C)[C@@H]2C(OC(=O)c2ccc(O)cc2)C1. The number of aliphatic hydroxyl groups is 1. The van der Waals surface area contributed by atoms with E-state index in [1.54, 1.807) is 12.1 Å². The molecule has 142 valence electrons. The Balaban J connectivity index is 1.92. The molecule has 0 radical (unpaired) electrons. The summed E-state index contributed by atoms with van der Waals surface area (Å²) < 4.78 is 5.97. The number of phenols is 1. The first-order valence-electron chi connectivity index (χ1n) is 9.54. The summed E-state index contributed by atoms with van der Waals surface area (Å²) in [4.78, 5) is 12.7. The summed E-state index contributed by atoms with van der Waals surface area (Å²) in [7, 11) is 0. The minimum atomic E-state index is -0.826. The molecule has 4 nitrogen and oxygen atoms in total. The monoisotopic (exact) mass is 358 g/mol. The van der Waals surface area contributed by atoms with E-state index in [0.29, 0.717) is 12.0 Å². The molecule has 2 aliphatic rings. The van der Waals surface area contributed by atoms with Crippen LogP contribution in [-0.4, -0.2) is 27.9 Å². The van der Waals surface area contributed by atoms with Crippen LogP contribution in [0.2, 0.25) is 0 Å². The summed E-state index contributed by atoms with van der Waals surface area (Å²) in [5.74, 6) is -0.273. The smallest absolute Gasteiger partial charge is 0.338 e. The number of esters is 1. The van der Waals surface area contributed by atoms with Crippen LogP contribution in [0.25, 0.3) is 0 Å². The van der Waals surface area contributed by atoms with Gasteiger partial charge in [0.2, 0.25) is 0 Å². The fraction of sp³-hybridized carbons (Fsp3) is 0.591. The molecule has 1 aromatic carbocycles. The molecule has 1 fully saturated rings. The Bertz CT molecular complexity index is 705. The molecule has 0 bridgehead atoms. The summed E-state index contributed by atoms with van der Waals surface area (Å²) in [5.41, 5.74) is 0.723. The van der Waals surface area contributed by atoms with Gasteiger partial charge in [-0.1, -0.05) is 32.4 Å². The van der Waals surface area contributed by atoms with Gasteiger partial charge in [0, 0.05) is 12.3 Å². The first-order valence-corrected chi connectivity index (χ1v) is 9.54. The Kier molecular flexibility index (Phi) is 4.91. The van der Waals surface area contributed by atoms with Crippen molar-refractivity contribution in [3.8, 4) is 5.75 Å². The lowest BCUT2D eigenvalue weighted by atomic mass is 9.67. The van der Waals surface area contributed by atoms with E-state index < -0.39 is 11.6 Å². The van der Waals surface area contributed by atoms with E-state index in [0.717, 1.165) is 19.3 Å². The van der Waals surface area contributed by atoms with Crippen molar-refractivity contribution in [1.29, 1.82) is 0 Å². The van der Waals surface area contributed by atoms with E-state index in [2.05, 4.69) is 33.8 Å². The standard InChI is InChI=1S/C22H30O4/c1-14(2)22(25)12-11-21(4)10-9-15(3)13-18(19(21)22)26-20(24)16-5-7-17(23)8-6-16/h5-9,14,18-19,23,25H,10-13H2,1-4H3/t18?,19-,21+,22-/m1/s1. The molecule has 4 atom stereocenters. The summed E-state index contributed by atoms with van der Waals surface area (Å²) in [5, 5.41) is 20.9. The van der Waals surface area contributed by atoms with Crippen LogP contribution in [0.1, 0.15) is 63.7 Å². The van der Waals surface area contributed by atoms with Gasteiger partial charge in [-0.05, 0) is 61.8 Å². The van der Waals surface area contributed by atoms with Crippen LogP contribution in [0.5, 0.6) is 5.75 Å². The molecule has 3 rings (SSSR count). The van der Waals surface area contributed by atoms with Crippen molar-refractivity contribution >= 4 is 5.97 Å². The predicted molar refractivity (Wildman–Crippen MR) is 101 cm³/mol. The Morgan fingerprint density at radius 1 is 1.23 bits per heavy atom. The zero-order chi connectivity index (χ0) is 19.1. The fourth-order valence-electron chi connectivity index (χ4n) is 4.89. The third kappa shape index (κ3) is 3.27. The highest BCUT2D eigenvalue weighted by molar-refractivity contribution is 5.89. The number of fused-ring (bicyclic) bond motifs is 1. The average molecular weight is 358 g/mol. The minimum absolute atomic E-state index is 0.0727. The number of ether oxygens (including phenoxy) is 1. The van der Waals surface area contributed by atoms with E-state index in [-0.39, 0.29) is 29.1 Å². The molecule has 1 unspecified atom stereocenters. The van der Waals surface area contributed by atoms with Gasteiger partial charge in [-0.15, -0.1) is 0 Å². The van der Waals surface area contributed by atoms with Crippen molar-refractivity contribution in [3.63, 3.8) is 0 Å². The first kappa shape index (κ1) is 19.0. The van der Waals surface area contributed by atoms with Crippen LogP contribution >= 0.6 is 0 Å². The maximum atomic E-state index is 12.7. The number of hydrogen-bond donors (Lipinski definition) is 2. The Morgan fingerprint density at radius 3 is 2.50 bits per heavy atom. The summed E-state index contributed by atoms with van der Waals surface area (Å²) in [6, 6.07) is 6.11. The van der Waals surface area contributed by atoms with Gasteiger partial charge in [0.1, 0.15) is 11.9 Å². The number of allylic oxidation sites excluding steroid dienone is 1. The van der Waals surface area contributed by atoms with Crippen LogP contribution in [0, 0.1) is 17.3 Å². The number of carbonyl (C=O) groups excluding carboxylic acids is 1. The molecule has 2 aliphatic carbocycles. The van der Waals surface area contributed by atoms with Crippen molar-refractivity contribution in [1.82, 2.24) is 0 Å². The molecule has 1 aromatic rings. The Hall–Kier alpha value is -1.81. The highest BCUT2D eigenvalue weighted by Gasteiger charge is 2.59. The number of benzene rings is 1. The van der Waals surface area contributed by atoms with E-state index in [9.17, 15) is 15.0 Å². The highest BCUT2D eigenvalue weighted by Crippen LogP contribution is 2.58. The number of aromatic hydroxyl groups is 1. The van der Waals surface area contributed by atoms with Gasteiger partial charge in [0.15, 0.2) is 0 Å². The molecule has 4 heteroatoms. The van der Waals surface area contributed by atoms with Gasteiger partial charge < -0.3 is 14.9 Å². The van der Waals surface area contributed by atoms with Gasteiger partial charge in [-0.2, -0.15) is 0 Å². The highest BCUT2D eigenvalue weighted by atomic mass is 16.5. The van der Waals surface area contributed by atoms with Gasteiger partial charge >= 0.3 is 5.97 Å². The number of rotatable bonds is 3. The molecule has 0 heterocycles. The summed E-state index contributed by atoms with van der Waals surface area (Å²) in [6.07, 6.45) is 5.13. The molecular formula is C22H30O4. The second kappa shape index (κ2) is 6.73. The first-order chi connectivity index (χ1) is 12.2. The molecule has 0 saturated heterocycles. The van der Waals surface area contributed by atoms with E-state index in [1.165, 1.54) is 17.7 Å². The zero-order valence-electron chi connectivity index (χ0n) is 16.2. The molecule has 0 amide bonds. The zero-order valence-corrected chi connectivity index (χ0v) is 16.2. The third-order valence-electron chi connectivity index (χ3n) is 6.56. The maximum absolute atomic E-state index is 12.7. The van der Waals surface area contributed by atoms with E-state index >= 15 is 0 Å². The topological polar surface area (TPSA) is 66.8 Å². The quantitative estimate of drug-likeness (QED) is 0.618. The lowest BCUT2D eigenvalue weighted by Crippen LogP contribution is -2.50. The van der Waals surface area contributed by atoms with Gasteiger partial charge in [-0.25, -0.2) is 4.79 Å². The molecule has 0 aromatic heterocycles. The number of hydrogen-bond acceptors (Lipinski definition) is 4. The Morgan fingerprint density at radius 2 is 1.88 bits per heavy atom.